The Morgan fingerprint density at radius 1 is 0.714 bits per heavy atom. The molecule has 0 aromatic heterocycles. The summed E-state index contributed by atoms with van der Waals surface area (Å²) in [7, 11) is 0. The SMILES string of the molecule is CC1=C(C)C(C)(C)C(C)C(C)C1(C)C. The third kappa shape index (κ3) is 1.34. The molecule has 14 heavy (non-hydrogen) atoms. The molecule has 0 aliphatic heterocycles. The van der Waals surface area contributed by atoms with E-state index >= 15 is 0 Å². The third-order valence-electron chi connectivity index (χ3n) is 5.52. The molecule has 0 heterocycles. The predicted molar refractivity (Wildman–Crippen MR) is 64.3 cm³/mol. The molecule has 0 bridgehead atoms. The number of hydrogen-bond acceptors (Lipinski definition) is 0. The standard InChI is InChI=1S/C14H26/c1-9-10(2)14(7,8)12(4)11(3)13(9,5)6/h9-10H,1-8H3. The fraction of sp³-hybridized carbons (Fsp3) is 0.857. The largest absolute Gasteiger partial charge is 0.0679 e. The van der Waals surface area contributed by atoms with Crippen molar-refractivity contribution in [3.8, 4) is 0 Å². The van der Waals surface area contributed by atoms with E-state index in [0.29, 0.717) is 10.8 Å². The van der Waals surface area contributed by atoms with E-state index in [9.17, 15) is 0 Å². The Hall–Kier alpha value is -0.260. The van der Waals surface area contributed by atoms with Crippen LogP contribution >= 0.6 is 0 Å². The van der Waals surface area contributed by atoms with Gasteiger partial charge in [0.1, 0.15) is 0 Å². The molecule has 0 radical (unpaired) electrons. The van der Waals surface area contributed by atoms with Gasteiger partial charge in [-0.1, -0.05) is 52.7 Å². The van der Waals surface area contributed by atoms with E-state index in [1.165, 1.54) is 0 Å². The summed E-state index contributed by atoms with van der Waals surface area (Å²) in [5, 5.41) is 0. The van der Waals surface area contributed by atoms with Crippen molar-refractivity contribution >= 4 is 0 Å². The van der Waals surface area contributed by atoms with E-state index in [1.807, 2.05) is 0 Å². The van der Waals surface area contributed by atoms with Crippen molar-refractivity contribution in [1.82, 2.24) is 0 Å². The van der Waals surface area contributed by atoms with Crippen LogP contribution < -0.4 is 0 Å². The van der Waals surface area contributed by atoms with Gasteiger partial charge in [-0.3, -0.25) is 0 Å². The lowest BCUT2D eigenvalue weighted by molar-refractivity contribution is 0.0924. The van der Waals surface area contributed by atoms with Crippen molar-refractivity contribution in [2.75, 3.05) is 0 Å². The van der Waals surface area contributed by atoms with Crippen molar-refractivity contribution in [2.24, 2.45) is 22.7 Å². The zero-order valence-electron chi connectivity index (χ0n) is 11.2. The second kappa shape index (κ2) is 3.12. The van der Waals surface area contributed by atoms with E-state index in [1.54, 1.807) is 11.1 Å². The second-order valence-electron chi connectivity index (χ2n) is 6.27. The topological polar surface area (TPSA) is 0 Å². The molecule has 1 rings (SSSR count). The average molecular weight is 194 g/mol. The highest BCUT2D eigenvalue weighted by molar-refractivity contribution is 5.28. The maximum atomic E-state index is 2.41. The highest BCUT2D eigenvalue weighted by Crippen LogP contribution is 2.54. The van der Waals surface area contributed by atoms with Gasteiger partial charge in [0.2, 0.25) is 0 Å². The average Bonchev–Trinajstić information content (AvgIpc) is 2.11. The summed E-state index contributed by atoms with van der Waals surface area (Å²) < 4.78 is 0. The molecule has 0 N–H and O–H groups in total. The molecule has 2 unspecified atom stereocenters. The first-order valence-corrected chi connectivity index (χ1v) is 5.82. The quantitative estimate of drug-likeness (QED) is 0.492. The lowest BCUT2D eigenvalue weighted by Gasteiger charge is -2.51. The summed E-state index contributed by atoms with van der Waals surface area (Å²) in [6.45, 7) is 19.0. The molecule has 0 amide bonds. The molecule has 1 aliphatic rings. The first kappa shape index (κ1) is 11.8. The molecule has 0 saturated heterocycles. The maximum Gasteiger partial charge on any atom is -0.0116 e. The summed E-state index contributed by atoms with van der Waals surface area (Å²) in [5.41, 5.74) is 3.96. The Morgan fingerprint density at radius 3 is 1.14 bits per heavy atom. The molecule has 82 valence electrons. The fourth-order valence-corrected chi connectivity index (χ4v) is 2.90. The first-order valence-electron chi connectivity index (χ1n) is 5.82. The van der Waals surface area contributed by atoms with Gasteiger partial charge >= 0.3 is 0 Å². The van der Waals surface area contributed by atoms with E-state index in [0.717, 1.165) is 11.8 Å². The Kier molecular flexibility index (Phi) is 2.63. The van der Waals surface area contributed by atoms with Crippen LogP contribution in [0.2, 0.25) is 0 Å². The molecular weight excluding hydrogens is 168 g/mol. The first-order chi connectivity index (χ1) is 6.13. The van der Waals surface area contributed by atoms with Crippen LogP contribution in [0, 0.1) is 22.7 Å². The molecule has 0 fully saturated rings. The van der Waals surface area contributed by atoms with E-state index < -0.39 is 0 Å². The molecule has 0 aromatic carbocycles. The highest BCUT2D eigenvalue weighted by Gasteiger charge is 2.45. The number of allylic oxidation sites excluding steroid dienone is 2. The Bertz CT molecular complexity index is 238. The predicted octanol–water partition coefficient (Wildman–Crippen LogP) is 4.66. The van der Waals surface area contributed by atoms with Crippen LogP contribution in [0.1, 0.15) is 55.4 Å². The minimum Gasteiger partial charge on any atom is -0.0679 e. The highest BCUT2D eigenvalue weighted by atomic mass is 14.5. The van der Waals surface area contributed by atoms with Crippen LogP contribution in [0.15, 0.2) is 11.1 Å². The zero-order valence-corrected chi connectivity index (χ0v) is 11.2. The smallest absolute Gasteiger partial charge is 0.0116 e. The van der Waals surface area contributed by atoms with Gasteiger partial charge in [0.05, 0.1) is 0 Å². The lowest BCUT2D eigenvalue weighted by atomic mass is 9.54. The molecule has 1 aliphatic carbocycles. The monoisotopic (exact) mass is 194 g/mol. The van der Waals surface area contributed by atoms with Gasteiger partial charge < -0.3 is 0 Å². The fourth-order valence-electron chi connectivity index (χ4n) is 2.90. The number of rotatable bonds is 0. The minimum absolute atomic E-state index is 0.374. The zero-order chi connectivity index (χ0) is 11.3. The van der Waals surface area contributed by atoms with Gasteiger partial charge in [0, 0.05) is 0 Å². The lowest BCUT2D eigenvalue weighted by Crippen LogP contribution is -2.42. The van der Waals surface area contributed by atoms with Gasteiger partial charge in [-0.2, -0.15) is 0 Å². The molecular formula is C14H26. The number of hydrogen-bond donors (Lipinski definition) is 0. The maximum absolute atomic E-state index is 2.41. The van der Waals surface area contributed by atoms with Crippen LogP contribution in [-0.2, 0) is 0 Å². The molecule has 0 nitrogen and oxygen atoms in total. The van der Waals surface area contributed by atoms with Crippen molar-refractivity contribution in [3.63, 3.8) is 0 Å². The Balaban J connectivity index is 3.32. The van der Waals surface area contributed by atoms with Gasteiger partial charge in [0.25, 0.3) is 0 Å². The second-order valence-corrected chi connectivity index (χ2v) is 6.27. The molecule has 2 atom stereocenters. The van der Waals surface area contributed by atoms with Crippen LogP contribution in [-0.4, -0.2) is 0 Å². The normalized spacial score (nSPS) is 36.0. The van der Waals surface area contributed by atoms with Crippen molar-refractivity contribution in [3.05, 3.63) is 11.1 Å². The summed E-state index contributed by atoms with van der Waals surface area (Å²) in [6.07, 6.45) is 0. The summed E-state index contributed by atoms with van der Waals surface area (Å²) in [5.74, 6) is 1.53. The van der Waals surface area contributed by atoms with Gasteiger partial charge in [-0.05, 0) is 36.5 Å². The van der Waals surface area contributed by atoms with E-state index in [4.69, 9.17) is 0 Å². The summed E-state index contributed by atoms with van der Waals surface area (Å²) in [4.78, 5) is 0. The van der Waals surface area contributed by atoms with Gasteiger partial charge in [-0.25, -0.2) is 0 Å². The van der Waals surface area contributed by atoms with Crippen LogP contribution in [0.5, 0.6) is 0 Å². The molecule has 0 saturated carbocycles. The summed E-state index contributed by atoms with van der Waals surface area (Å²) >= 11 is 0. The minimum atomic E-state index is 0.374. The van der Waals surface area contributed by atoms with Crippen LogP contribution in [0.4, 0.5) is 0 Å². The van der Waals surface area contributed by atoms with Gasteiger partial charge in [0.15, 0.2) is 0 Å². The van der Waals surface area contributed by atoms with E-state index in [2.05, 4.69) is 55.4 Å². The van der Waals surface area contributed by atoms with Crippen molar-refractivity contribution < 1.29 is 0 Å². The van der Waals surface area contributed by atoms with Gasteiger partial charge in [-0.15, -0.1) is 0 Å². The summed E-state index contributed by atoms with van der Waals surface area (Å²) in [6, 6.07) is 0. The molecule has 0 heteroatoms. The Morgan fingerprint density at radius 2 is 0.929 bits per heavy atom. The molecule has 0 aromatic rings. The van der Waals surface area contributed by atoms with E-state index in [-0.39, 0.29) is 0 Å². The molecule has 0 spiro atoms. The van der Waals surface area contributed by atoms with Crippen LogP contribution in [0.3, 0.4) is 0 Å². The third-order valence-corrected chi connectivity index (χ3v) is 5.52. The van der Waals surface area contributed by atoms with Crippen LogP contribution in [0.25, 0.3) is 0 Å². The van der Waals surface area contributed by atoms with Crippen molar-refractivity contribution in [2.45, 2.75) is 55.4 Å². The van der Waals surface area contributed by atoms with Crippen molar-refractivity contribution in [1.29, 1.82) is 0 Å². The Labute approximate surface area is 89.8 Å².